The van der Waals surface area contributed by atoms with Crippen LogP contribution in [0.3, 0.4) is 0 Å². The molecule has 0 aliphatic heterocycles. The van der Waals surface area contributed by atoms with E-state index in [4.69, 9.17) is 0 Å². The van der Waals surface area contributed by atoms with Crippen LogP contribution in [0.25, 0.3) is 0 Å². The maximum atomic E-state index is 11.6. The van der Waals surface area contributed by atoms with Crippen molar-refractivity contribution < 1.29 is 4.79 Å². The van der Waals surface area contributed by atoms with Crippen molar-refractivity contribution in [2.45, 2.75) is 38.5 Å². The first-order valence-electron chi connectivity index (χ1n) is 5.90. The van der Waals surface area contributed by atoms with Crippen LogP contribution >= 0.6 is 0 Å². The minimum Gasteiger partial charge on any atom is -0.300 e. The van der Waals surface area contributed by atoms with Crippen LogP contribution in [0.4, 0.5) is 0 Å². The van der Waals surface area contributed by atoms with Gasteiger partial charge in [-0.2, -0.15) is 0 Å². The molecular formula is C14H18O. The summed E-state index contributed by atoms with van der Waals surface area (Å²) in [5.41, 5.74) is 1.28. The third kappa shape index (κ3) is 3.19. The Morgan fingerprint density at radius 2 is 1.93 bits per heavy atom. The molecule has 1 heteroatoms. The Kier molecular flexibility index (Phi) is 3.54. The van der Waals surface area contributed by atoms with E-state index in [0.717, 1.165) is 19.3 Å². The smallest absolute Gasteiger partial charge is 0.133 e. The first-order valence-corrected chi connectivity index (χ1v) is 5.90. The highest BCUT2D eigenvalue weighted by Crippen LogP contribution is 2.29. The van der Waals surface area contributed by atoms with Crippen molar-refractivity contribution >= 4 is 5.78 Å². The summed E-state index contributed by atoms with van der Waals surface area (Å²) in [6.07, 6.45) is 6.34. The number of benzene rings is 1. The fraction of sp³-hybridized carbons (Fsp3) is 0.500. The standard InChI is InChI=1S/C14H18O/c15-14(11-13-7-4-8-13)10-9-12-5-2-1-3-6-12/h1-3,5-6,13H,4,7-11H2. The van der Waals surface area contributed by atoms with Gasteiger partial charge in [-0.05, 0) is 17.9 Å². The predicted molar refractivity (Wildman–Crippen MR) is 61.7 cm³/mol. The molecule has 2 rings (SSSR count). The van der Waals surface area contributed by atoms with Gasteiger partial charge in [0.1, 0.15) is 5.78 Å². The summed E-state index contributed by atoms with van der Waals surface area (Å²) in [5.74, 6) is 1.16. The largest absolute Gasteiger partial charge is 0.300 e. The number of hydrogen-bond acceptors (Lipinski definition) is 1. The average molecular weight is 202 g/mol. The van der Waals surface area contributed by atoms with Gasteiger partial charge in [0.25, 0.3) is 0 Å². The van der Waals surface area contributed by atoms with Gasteiger partial charge in [-0.15, -0.1) is 0 Å². The molecule has 0 bridgehead atoms. The fourth-order valence-corrected chi connectivity index (χ4v) is 2.05. The first-order chi connectivity index (χ1) is 7.34. The van der Waals surface area contributed by atoms with E-state index < -0.39 is 0 Å². The molecule has 1 aromatic carbocycles. The second kappa shape index (κ2) is 5.11. The number of carbonyl (C=O) groups is 1. The van der Waals surface area contributed by atoms with E-state index in [-0.39, 0.29) is 0 Å². The highest BCUT2D eigenvalue weighted by Gasteiger charge is 2.20. The number of rotatable bonds is 5. The third-order valence-electron chi connectivity index (χ3n) is 3.28. The van der Waals surface area contributed by atoms with Crippen LogP contribution in [0, 0.1) is 5.92 Å². The first kappa shape index (κ1) is 10.4. The summed E-state index contributed by atoms with van der Waals surface area (Å²) in [6, 6.07) is 10.3. The molecule has 1 aromatic rings. The summed E-state index contributed by atoms with van der Waals surface area (Å²) in [6.45, 7) is 0. The highest BCUT2D eigenvalue weighted by molar-refractivity contribution is 5.78. The third-order valence-corrected chi connectivity index (χ3v) is 3.28. The van der Waals surface area contributed by atoms with Gasteiger partial charge in [0.15, 0.2) is 0 Å². The molecule has 0 saturated heterocycles. The van der Waals surface area contributed by atoms with Crippen molar-refractivity contribution in [2.75, 3.05) is 0 Å². The van der Waals surface area contributed by atoms with Crippen LogP contribution in [0.2, 0.25) is 0 Å². The van der Waals surface area contributed by atoms with Crippen LogP contribution in [0.5, 0.6) is 0 Å². The molecule has 1 aliphatic carbocycles. The second-order valence-electron chi connectivity index (χ2n) is 4.53. The molecule has 0 amide bonds. The second-order valence-corrected chi connectivity index (χ2v) is 4.53. The molecule has 1 nitrogen and oxygen atoms in total. The van der Waals surface area contributed by atoms with E-state index in [1.54, 1.807) is 0 Å². The highest BCUT2D eigenvalue weighted by atomic mass is 16.1. The summed E-state index contributed by atoms with van der Waals surface area (Å²) in [7, 11) is 0. The Morgan fingerprint density at radius 1 is 1.20 bits per heavy atom. The van der Waals surface area contributed by atoms with Crippen molar-refractivity contribution in [3.05, 3.63) is 35.9 Å². The maximum absolute atomic E-state index is 11.6. The molecular weight excluding hydrogens is 184 g/mol. The predicted octanol–water partition coefficient (Wildman–Crippen LogP) is 3.38. The van der Waals surface area contributed by atoms with Gasteiger partial charge >= 0.3 is 0 Å². The van der Waals surface area contributed by atoms with Crippen LogP contribution < -0.4 is 0 Å². The average Bonchev–Trinajstić information content (AvgIpc) is 2.22. The molecule has 0 heterocycles. The van der Waals surface area contributed by atoms with Gasteiger partial charge in [-0.1, -0.05) is 49.6 Å². The molecule has 1 aliphatic rings. The van der Waals surface area contributed by atoms with Gasteiger partial charge in [0.05, 0.1) is 0 Å². The Morgan fingerprint density at radius 3 is 2.53 bits per heavy atom. The summed E-state index contributed by atoms with van der Waals surface area (Å²) < 4.78 is 0. The monoisotopic (exact) mass is 202 g/mol. The quantitative estimate of drug-likeness (QED) is 0.715. The summed E-state index contributed by atoms with van der Waals surface area (Å²) in [4.78, 5) is 11.6. The number of hydrogen-bond donors (Lipinski definition) is 0. The molecule has 0 N–H and O–H groups in total. The lowest BCUT2D eigenvalue weighted by atomic mass is 9.81. The van der Waals surface area contributed by atoms with Crippen molar-refractivity contribution in [3.63, 3.8) is 0 Å². The fourth-order valence-electron chi connectivity index (χ4n) is 2.05. The molecule has 0 unspecified atom stereocenters. The molecule has 0 aromatic heterocycles. The summed E-state index contributed by atoms with van der Waals surface area (Å²) >= 11 is 0. The Bertz CT molecular complexity index is 311. The normalized spacial score (nSPS) is 16.0. The maximum Gasteiger partial charge on any atom is 0.133 e. The number of Topliss-reactive ketones (excluding diaryl/α,β-unsaturated/α-hetero) is 1. The van der Waals surface area contributed by atoms with Crippen molar-refractivity contribution in [3.8, 4) is 0 Å². The van der Waals surface area contributed by atoms with Crippen LogP contribution in [-0.4, -0.2) is 5.78 Å². The molecule has 1 saturated carbocycles. The Labute approximate surface area is 91.5 Å². The zero-order valence-corrected chi connectivity index (χ0v) is 9.11. The topological polar surface area (TPSA) is 17.1 Å². The molecule has 15 heavy (non-hydrogen) atoms. The summed E-state index contributed by atoms with van der Waals surface area (Å²) in [5, 5.41) is 0. The van der Waals surface area contributed by atoms with Gasteiger partial charge in [-0.3, -0.25) is 4.79 Å². The van der Waals surface area contributed by atoms with Crippen LogP contribution in [-0.2, 0) is 11.2 Å². The minimum absolute atomic E-state index is 0.448. The zero-order valence-electron chi connectivity index (χ0n) is 9.11. The van der Waals surface area contributed by atoms with Crippen LogP contribution in [0.1, 0.15) is 37.7 Å². The van der Waals surface area contributed by atoms with Crippen LogP contribution in [0.15, 0.2) is 30.3 Å². The van der Waals surface area contributed by atoms with E-state index in [1.807, 2.05) is 18.2 Å². The number of ketones is 1. The van der Waals surface area contributed by atoms with E-state index in [2.05, 4.69) is 12.1 Å². The zero-order chi connectivity index (χ0) is 10.5. The van der Waals surface area contributed by atoms with Gasteiger partial charge < -0.3 is 0 Å². The molecule has 0 atom stereocenters. The van der Waals surface area contributed by atoms with E-state index >= 15 is 0 Å². The Balaban J connectivity index is 1.71. The lowest BCUT2D eigenvalue weighted by molar-refractivity contribution is -0.120. The molecule has 0 radical (unpaired) electrons. The van der Waals surface area contributed by atoms with E-state index in [9.17, 15) is 4.79 Å². The SMILES string of the molecule is O=C(CCc1ccccc1)CC1CCC1. The van der Waals surface area contributed by atoms with Gasteiger partial charge in [0, 0.05) is 12.8 Å². The van der Waals surface area contributed by atoms with Gasteiger partial charge in [-0.25, -0.2) is 0 Å². The van der Waals surface area contributed by atoms with Crippen molar-refractivity contribution in [2.24, 2.45) is 5.92 Å². The lowest BCUT2D eigenvalue weighted by Crippen LogP contribution is -2.16. The Hall–Kier alpha value is -1.11. The minimum atomic E-state index is 0.448. The molecule has 0 spiro atoms. The van der Waals surface area contributed by atoms with E-state index in [0.29, 0.717) is 11.7 Å². The lowest BCUT2D eigenvalue weighted by Gasteiger charge is -2.24. The van der Waals surface area contributed by atoms with Gasteiger partial charge in [0.2, 0.25) is 0 Å². The number of carbonyl (C=O) groups excluding carboxylic acids is 1. The van der Waals surface area contributed by atoms with Crippen molar-refractivity contribution in [1.29, 1.82) is 0 Å². The molecule has 80 valence electrons. The van der Waals surface area contributed by atoms with Crippen molar-refractivity contribution in [1.82, 2.24) is 0 Å². The number of aryl methyl sites for hydroxylation is 1. The molecule has 1 fully saturated rings. The van der Waals surface area contributed by atoms with E-state index in [1.165, 1.54) is 24.8 Å².